The van der Waals surface area contributed by atoms with Gasteiger partial charge < -0.3 is 9.47 Å². The normalized spacial score (nSPS) is 18.8. The monoisotopic (exact) mass is 130 g/mol. The number of hydrogen-bond donors (Lipinski definition) is 0. The molecule has 0 bridgehead atoms. The summed E-state index contributed by atoms with van der Waals surface area (Å²) in [5.41, 5.74) is 0. The number of hydrogen-bond acceptors (Lipinski definition) is 3. The van der Waals surface area contributed by atoms with Crippen LogP contribution in [0.3, 0.4) is 0 Å². The molecule has 0 N–H and O–H groups in total. The SMILES string of the molecule is CCC(=O)OC1COC1. The van der Waals surface area contributed by atoms with Gasteiger partial charge in [0, 0.05) is 6.42 Å². The third kappa shape index (κ3) is 1.68. The van der Waals surface area contributed by atoms with E-state index in [-0.39, 0.29) is 12.1 Å². The van der Waals surface area contributed by atoms with Crippen molar-refractivity contribution in [3.8, 4) is 0 Å². The van der Waals surface area contributed by atoms with Gasteiger partial charge in [-0.3, -0.25) is 4.79 Å². The molecule has 1 heterocycles. The minimum absolute atomic E-state index is 0.0393. The fourth-order valence-electron chi connectivity index (χ4n) is 0.551. The van der Waals surface area contributed by atoms with Gasteiger partial charge >= 0.3 is 5.97 Å². The highest BCUT2D eigenvalue weighted by atomic mass is 16.6. The van der Waals surface area contributed by atoms with E-state index in [1.165, 1.54) is 0 Å². The van der Waals surface area contributed by atoms with Gasteiger partial charge in [0.1, 0.15) is 6.10 Å². The summed E-state index contributed by atoms with van der Waals surface area (Å²) in [7, 11) is 0. The summed E-state index contributed by atoms with van der Waals surface area (Å²) in [5, 5.41) is 0. The Kier molecular flexibility index (Phi) is 2.05. The maximum Gasteiger partial charge on any atom is 0.305 e. The van der Waals surface area contributed by atoms with Crippen LogP contribution in [-0.2, 0) is 14.3 Å². The summed E-state index contributed by atoms with van der Waals surface area (Å²) >= 11 is 0. The fraction of sp³-hybridized carbons (Fsp3) is 0.833. The summed E-state index contributed by atoms with van der Waals surface area (Å²) in [4.78, 5) is 10.5. The second kappa shape index (κ2) is 2.82. The first-order chi connectivity index (χ1) is 4.33. The first-order valence-electron chi connectivity index (χ1n) is 3.10. The average molecular weight is 130 g/mol. The molecule has 3 nitrogen and oxygen atoms in total. The molecule has 0 aromatic rings. The van der Waals surface area contributed by atoms with Gasteiger partial charge in [-0.15, -0.1) is 0 Å². The molecule has 0 atom stereocenters. The third-order valence-corrected chi connectivity index (χ3v) is 1.19. The van der Waals surface area contributed by atoms with E-state index in [1.807, 2.05) is 0 Å². The maximum atomic E-state index is 10.5. The number of rotatable bonds is 2. The summed E-state index contributed by atoms with van der Waals surface area (Å²) in [6.45, 7) is 2.93. The van der Waals surface area contributed by atoms with E-state index in [1.54, 1.807) is 6.92 Å². The van der Waals surface area contributed by atoms with Crippen molar-refractivity contribution in [2.75, 3.05) is 13.2 Å². The van der Waals surface area contributed by atoms with E-state index in [4.69, 9.17) is 9.47 Å². The lowest BCUT2D eigenvalue weighted by Crippen LogP contribution is -2.37. The van der Waals surface area contributed by atoms with Gasteiger partial charge in [-0.1, -0.05) is 6.92 Å². The molecular formula is C6H10O3. The lowest BCUT2D eigenvalue weighted by Gasteiger charge is -2.25. The van der Waals surface area contributed by atoms with Gasteiger partial charge in [-0.25, -0.2) is 0 Å². The van der Waals surface area contributed by atoms with Gasteiger partial charge in [0.05, 0.1) is 13.2 Å². The van der Waals surface area contributed by atoms with Crippen molar-refractivity contribution in [3.63, 3.8) is 0 Å². The molecule has 9 heavy (non-hydrogen) atoms. The molecule has 52 valence electrons. The van der Waals surface area contributed by atoms with Gasteiger partial charge in [0.15, 0.2) is 0 Å². The van der Waals surface area contributed by atoms with Crippen LogP contribution in [-0.4, -0.2) is 25.3 Å². The quantitative estimate of drug-likeness (QED) is 0.505. The van der Waals surface area contributed by atoms with E-state index in [0.29, 0.717) is 19.6 Å². The van der Waals surface area contributed by atoms with Crippen molar-refractivity contribution in [2.45, 2.75) is 19.4 Å². The largest absolute Gasteiger partial charge is 0.457 e. The molecule has 1 rings (SSSR count). The standard InChI is InChI=1S/C6H10O3/c1-2-6(7)9-5-3-8-4-5/h5H,2-4H2,1H3. The van der Waals surface area contributed by atoms with Gasteiger partial charge in [0.2, 0.25) is 0 Å². The van der Waals surface area contributed by atoms with Crippen molar-refractivity contribution in [1.29, 1.82) is 0 Å². The molecule has 1 fully saturated rings. The van der Waals surface area contributed by atoms with Crippen molar-refractivity contribution in [2.24, 2.45) is 0 Å². The molecule has 1 saturated heterocycles. The second-order valence-corrected chi connectivity index (χ2v) is 2.00. The third-order valence-electron chi connectivity index (χ3n) is 1.19. The highest BCUT2D eigenvalue weighted by Crippen LogP contribution is 2.05. The Bertz CT molecular complexity index is 107. The Hall–Kier alpha value is -0.570. The summed E-state index contributed by atoms with van der Waals surface area (Å²) in [6, 6.07) is 0. The van der Waals surface area contributed by atoms with Crippen molar-refractivity contribution in [1.82, 2.24) is 0 Å². The van der Waals surface area contributed by atoms with Crippen LogP contribution in [0.2, 0.25) is 0 Å². The minimum Gasteiger partial charge on any atom is -0.457 e. The Balaban J connectivity index is 2.09. The molecule has 3 heteroatoms. The Morgan fingerprint density at radius 3 is 2.78 bits per heavy atom. The number of esters is 1. The molecular weight excluding hydrogens is 120 g/mol. The lowest BCUT2D eigenvalue weighted by atomic mass is 10.3. The van der Waals surface area contributed by atoms with Crippen LogP contribution >= 0.6 is 0 Å². The molecule has 0 saturated carbocycles. The van der Waals surface area contributed by atoms with Crippen molar-refractivity contribution < 1.29 is 14.3 Å². The van der Waals surface area contributed by atoms with Crippen molar-refractivity contribution in [3.05, 3.63) is 0 Å². The molecule has 1 aliphatic rings. The summed E-state index contributed by atoms with van der Waals surface area (Å²) < 4.78 is 9.67. The molecule has 0 amide bonds. The van der Waals surface area contributed by atoms with E-state index in [9.17, 15) is 4.79 Å². The van der Waals surface area contributed by atoms with Gasteiger partial charge in [-0.2, -0.15) is 0 Å². The van der Waals surface area contributed by atoms with Crippen LogP contribution in [0.1, 0.15) is 13.3 Å². The average Bonchev–Trinajstić information content (AvgIpc) is 1.78. The predicted octanol–water partition coefficient (Wildman–Crippen LogP) is 0.338. The zero-order valence-electron chi connectivity index (χ0n) is 5.42. The lowest BCUT2D eigenvalue weighted by molar-refractivity contribution is -0.171. The van der Waals surface area contributed by atoms with Crippen LogP contribution in [0.4, 0.5) is 0 Å². The highest BCUT2D eigenvalue weighted by molar-refractivity contribution is 5.69. The van der Waals surface area contributed by atoms with E-state index in [2.05, 4.69) is 0 Å². The molecule has 0 aromatic carbocycles. The number of carbonyl (C=O) groups excluding carboxylic acids is 1. The number of carbonyl (C=O) groups is 1. The molecule has 0 aliphatic carbocycles. The van der Waals surface area contributed by atoms with Crippen LogP contribution in [0.15, 0.2) is 0 Å². The second-order valence-electron chi connectivity index (χ2n) is 2.00. The molecule has 0 spiro atoms. The Labute approximate surface area is 53.9 Å². The Morgan fingerprint density at radius 2 is 2.44 bits per heavy atom. The first kappa shape index (κ1) is 6.55. The Morgan fingerprint density at radius 1 is 1.78 bits per heavy atom. The van der Waals surface area contributed by atoms with E-state index >= 15 is 0 Å². The van der Waals surface area contributed by atoms with Crippen LogP contribution in [0.5, 0.6) is 0 Å². The summed E-state index contributed by atoms with van der Waals surface area (Å²) in [6.07, 6.45) is 0.494. The number of ether oxygens (including phenoxy) is 2. The van der Waals surface area contributed by atoms with E-state index < -0.39 is 0 Å². The predicted molar refractivity (Wildman–Crippen MR) is 31.0 cm³/mol. The molecule has 0 unspecified atom stereocenters. The summed E-state index contributed by atoms with van der Waals surface area (Å²) in [5.74, 6) is -0.136. The highest BCUT2D eigenvalue weighted by Gasteiger charge is 2.21. The molecule has 0 aromatic heterocycles. The van der Waals surface area contributed by atoms with Crippen LogP contribution < -0.4 is 0 Å². The maximum absolute atomic E-state index is 10.5. The molecule has 0 radical (unpaired) electrons. The smallest absolute Gasteiger partial charge is 0.305 e. The van der Waals surface area contributed by atoms with Crippen molar-refractivity contribution >= 4 is 5.97 Å². The zero-order chi connectivity index (χ0) is 6.69. The topological polar surface area (TPSA) is 35.5 Å². The van der Waals surface area contributed by atoms with Gasteiger partial charge in [-0.05, 0) is 0 Å². The van der Waals surface area contributed by atoms with Crippen LogP contribution in [0, 0.1) is 0 Å². The molecule has 1 aliphatic heterocycles. The minimum atomic E-state index is -0.136. The van der Waals surface area contributed by atoms with E-state index in [0.717, 1.165) is 0 Å². The fourth-order valence-corrected chi connectivity index (χ4v) is 0.551. The zero-order valence-corrected chi connectivity index (χ0v) is 5.42. The van der Waals surface area contributed by atoms with Crippen LogP contribution in [0.25, 0.3) is 0 Å². The van der Waals surface area contributed by atoms with Gasteiger partial charge in [0.25, 0.3) is 0 Å². The first-order valence-corrected chi connectivity index (χ1v) is 3.10.